The van der Waals surface area contributed by atoms with Crippen molar-refractivity contribution in [1.29, 1.82) is 0 Å². The number of alkyl halides is 3. The van der Waals surface area contributed by atoms with Crippen molar-refractivity contribution in [3.8, 4) is 5.75 Å². The molecule has 1 aliphatic rings. The lowest BCUT2D eigenvalue weighted by molar-refractivity contribution is -0.185. The van der Waals surface area contributed by atoms with Crippen molar-refractivity contribution in [2.75, 3.05) is 19.7 Å². The maximum atomic E-state index is 12.9. The summed E-state index contributed by atoms with van der Waals surface area (Å²) in [4.78, 5) is 12.6. The first-order valence-corrected chi connectivity index (χ1v) is 8.86. The topological polar surface area (TPSA) is 29.5 Å². The van der Waals surface area contributed by atoms with E-state index in [4.69, 9.17) is 4.74 Å². The van der Waals surface area contributed by atoms with Crippen molar-refractivity contribution in [2.45, 2.75) is 32.4 Å². The molecule has 2 rings (SSSR count). The van der Waals surface area contributed by atoms with Crippen molar-refractivity contribution in [3.05, 3.63) is 40.4 Å². The van der Waals surface area contributed by atoms with Gasteiger partial charge >= 0.3 is 12.1 Å². The molecule has 0 bridgehead atoms. The van der Waals surface area contributed by atoms with Gasteiger partial charge in [-0.3, -0.25) is 4.79 Å². The van der Waals surface area contributed by atoms with Crippen LogP contribution in [0, 0.1) is 5.92 Å². The number of carbonyl (C=O) groups excluding carboxylic acids is 1. The fourth-order valence-corrected chi connectivity index (χ4v) is 3.52. The SMILES string of the molecule is C=CCOc1cc2c(cc1Br)C(C(C)C)CN(C(=O)C(F)(F)F)CC2. The number of fused-ring (bicyclic) bond motifs is 1. The van der Waals surface area contributed by atoms with E-state index >= 15 is 0 Å². The van der Waals surface area contributed by atoms with Gasteiger partial charge in [-0.15, -0.1) is 0 Å². The van der Waals surface area contributed by atoms with Crippen molar-refractivity contribution in [3.63, 3.8) is 0 Å². The molecule has 1 atom stereocenters. The van der Waals surface area contributed by atoms with Crippen LogP contribution in [0.2, 0.25) is 0 Å². The first-order valence-electron chi connectivity index (χ1n) is 8.07. The molecule has 25 heavy (non-hydrogen) atoms. The van der Waals surface area contributed by atoms with Crippen LogP contribution in [0.5, 0.6) is 5.75 Å². The number of amides is 1. The third kappa shape index (κ3) is 4.57. The first-order chi connectivity index (χ1) is 11.6. The molecule has 1 amide bonds. The molecule has 0 saturated heterocycles. The molecule has 1 unspecified atom stereocenters. The number of halogens is 4. The lowest BCUT2D eigenvalue weighted by Gasteiger charge is -2.28. The maximum Gasteiger partial charge on any atom is 0.471 e. The minimum Gasteiger partial charge on any atom is -0.488 e. The van der Waals surface area contributed by atoms with E-state index < -0.39 is 12.1 Å². The first kappa shape index (κ1) is 19.8. The molecule has 0 spiro atoms. The average Bonchev–Trinajstić information content (AvgIpc) is 2.70. The molecular formula is C18H21BrF3NO2. The van der Waals surface area contributed by atoms with Gasteiger partial charge in [-0.05, 0) is 51.5 Å². The molecule has 7 heteroatoms. The minimum absolute atomic E-state index is 0.0388. The Morgan fingerprint density at radius 2 is 2.16 bits per heavy atom. The maximum absolute atomic E-state index is 12.9. The largest absolute Gasteiger partial charge is 0.488 e. The van der Waals surface area contributed by atoms with Crippen molar-refractivity contribution >= 4 is 21.8 Å². The van der Waals surface area contributed by atoms with Crippen LogP contribution in [0.15, 0.2) is 29.3 Å². The van der Waals surface area contributed by atoms with Crippen molar-refractivity contribution in [1.82, 2.24) is 4.90 Å². The lowest BCUT2D eigenvalue weighted by atomic mass is 9.85. The van der Waals surface area contributed by atoms with E-state index in [-0.39, 0.29) is 24.9 Å². The lowest BCUT2D eigenvalue weighted by Crippen LogP contribution is -2.43. The Morgan fingerprint density at radius 1 is 1.48 bits per heavy atom. The number of nitrogens with zero attached hydrogens (tertiary/aromatic N) is 1. The Balaban J connectivity index is 2.39. The Bertz CT molecular complexity index is 658. The molecule has 1 aromatic rings. The van der Waals surface area contributed by atoms with Gasteiger partial charge in [-0.1, -0.05) is 26.5 Å². The van der Waals surface area contributed by atoms with Crippen LogP contribution in [0.25, 0.3) is 0 Å². The molecule has 3 nitrogen and oxygen atoms in total. The smallest absolute Gasteiger partial charge is 0.471 e. The number of hydrogen-bond acceptors (Lipinski definition) is 2. The van der Waals surface area contributed by atoms with E-state index in [0.29, 0.717) is 18.8 Å². The molecule has 0 aliphatic carbocycles. The van der Waals surface area contributed by atoms with Gasteiger partial charge in [-0.2, -0.15) is 13.2 Å². The van der Waals surface area contributed by atoms with Gasteiger partial charge in [-0.25, -0.2) is 0 Å². The van der Waals surface area contributed by atoms with Crippen molar-refractivity contribution in [2.24, 2.45) is 5.92 Å². The van der Waals surface area contributed by atoms with Gasteiger partial charge < -0.3 is 9.64 Å². The zero-order chi connectivity index (χ0) is 18.8. The van der Waals surface area contributed by atoms with Gasteiger partial charge in [0.25, 0.3) is 0 Å². The predicted octanol–water partition coefficient (Wildman–Crippen LogP) is 4.70. The molecule has 1 aromatic carbocycles. The fraction of sp³-hybridized carbons (Fsp3) is 0.500. The van der Waals surface area contributed by atoms with E-state index in [1.54, 1.807) is 6.08 Å². The molecule has 138 valence electrons. The second-order valence-electron chi connectivity index (χ2n) is 6.43. The summed E-state index contributed by atoms with van der Waals surface area (Å²) in [6.45, 7) is 7.94. The summed E-state index contributed by atoms with van der Waals surface area (Å²) in [5, 5.41) is 0. The number of ether oxygens (including phenoxy) is 1. The summed E-state index contributed by atoms with van der Waals surface area (Å²) in [7, 11) is 0. The Labute approximate surface area is 154 Å². The molecule has 0 aromatic heterocycles. The van der Waals surface area contributed by atoms with Crippen LogP contribution < -0.4 is 4.74 Å². The van der Waals surface area contributed by atoms with E-state index in [2.05, 4.69) is 22.5 Å². The third-order valence-corrected chi connectivity index (χ3v) is 4.97. The quantitative estimate of drug-likeness (QED) is 0.661. The zero-order valence-corrected chi connectivity index (χ0v) is 15.8. The third-order valence-electron chi connectivity index (χ3n) is 4.35. The van der Waals surface area contributed by atoms with Crippen LogP contribution >= 0.6 is 15.9 Å². The summed E-state index contributed by atoms with van der Waals surface area (Å²) in [5.41, 5.74) is 1.88. The molecule has 0 radical (unpaired) electrons. The van der Waals surface area contributed by atoms with E-state index in [1.165, 1.54) is 0 Å². The van der Waals surface area contributed by atoms with Gasteiger partial charge in [0.15, 0.2) is 0 Å². The minimum atomic E-state index is -4.85. The monoisotopic (exact) mass is 419 g/mol. The van der Waals surface area contributed by atoms with Gasteiger partial charge in [0.1, 0.15) is 12.4 Å². The number of benzene rings is 1. The highest BCUT2D eigenvalue weighted by Crippen LogP contribution is 2.38. The summed E-state index contributed by atoms with van der Waals surface area (Å²) < 4.78 is 44.9. The molecule has 0 saturated carbocycles. The number of hydrogen-bond donors (Lipinski definition) is 0. The number of carbonyl (C=O) groups is 1. The van der Waals surface area contributed by atoms with Crippen LogP contribution in [0.1, 0.15) is 30.9 Å². The van der Waals surface area contributed by atoms with E-state index in [9.17, 15) is 18.0 Å². The van der Waals surface area contributed by atoms with Gasteiger partial charge in [0.05, 0.1) is 4.47 Å². The highest BCUT2D eigenvalue weighted by molar-refractivity contribution is 9.10. The molecule has 1 heterocycles. The zero-order valence-electron chi connectivity index (χ0n) is 14.2. The molecule has 0 fully saturated rings. The molecular weight excluding hydrogens is 399 g/mol. The van der Waals surface area contributed by atoms with Crippen LogP contribution in [0.3, 0.4) is 0 Å². The summed E-state index contributed by atoms with van der Waals surface area (Å²) in [6, 6.07) is 3.75. The summed E-state index contributed by atoms with van der Waals surface area (Å²) in [5.74, 6) is -1.23. The summed E-state index contributed by atoms with van der Waals surface area (Å²) >= 11 is 3.46. The van der Waals surface area contributed by atoms with E-state index in [0.717, 1.165) is 20.5 Å². The molecule has 0 N–H and O–H groups in total. The van der Waals surface area contributed by atoms with Gasteiger partial charge in [0, 0.05) is 19.0 Å². The standard InChI is InChI=1S/C18H21BrF3NO2/c1-4-7-25-16-8-12-5-6-23(17(24)18(20,21)22)10-14(11(2)3)13(12)9-15(16)19/h4,8-9,11,14H,1,5-7,10H2,2-3H3. The second-order valence-corrected chi connectivity index (χ2v) is 7.28. The summed E-state index contributed by atoms with van der Waals surface area (Å²) in [6.07, 6.45) is -2.87. The highest BCUT2D eigenvalue weighted by Gasteiger charge is 2.44. The Hall–Kier alpha value is -1.50. The average molecular weight is 420 g/mol. The Kier molecular flexibility index (Phi) is 6.19. The van der Waals surface area contributed by atoms with E-state index in [1.807, 2.05) is 26.0 Å². The Morgan fingerprint density at radius 3 is 2.72 bits per heavy atom. The number of rotatable bonds is 4. The van der Waals surface area contributed by atoms with Crippen LogP contribution in [0.4, 0.5) is 13.2 Å². The van der Waals surface area contributed by atoms with Gasteiger partial charge in [0.2, 0.25) is 0 Å². The van der Waals surface area contributed by atoms with Crippen LogP contribution in [-0.4, -0.2) is 36.7 Å². The molecule has 1 aliphatic heterocycles. The fourth-order valence-electron chi connectivity index (χ4n) is 3.05. The predicted molar refractivity (Wildman–Crippen MR) is 93.8 cm³/mol. The second kappa shape index (κ2) is 7.81. The highest BCUT2D eigenvalue weighted by atomic mass is 79.9. The van der Waals surface area contributed by atoms with Crippen LogP contribution in [-0.2, 0) is 11.2 Å². The van der Waals surface area contributed by atoms with Crippen molar-refractivity contribution < 1.29 is 22.7 Å². The normalized spacial score (nSPS) is 17.9.